The quantitative estimate of drug-likeness (QED) is 0.866. The van der Waals surface area contributed by atoms with Gasteiger partial charge in [0.2, 0.25) is 0 Å². The number of hydrogen-bond donors (Lipinski definition) is 1. The highest BCUT2D eigenvalue weighted by Crippen LogP contribution is 2.28. The van der Waals surface area contributed by atoms with Gasteiger partial charge in [0.1, 0.15) is 0 Å². The molecule has 1 aromatic heterocycles. The normalized spacial score (nSPS) is 11.9. The fraction of sp³-hybridized carbons (Fsp3) is 0.200. The molecule has 1 atom stereocenters. The van der Waals surface area contributed by atoms with E-state index < -0.39 is 0 Å². The predicted octanol–water partition coefficient (Wildman–Crippen LogP) is 4.10. The van der Waals surface area contributed by atoms with Crippen molar-refractivity contribution in [3.8, 4) is 0 Å². The van der Waals surface area contributed by atoms with Gasteiger partial charge in [0.05, 0.1) is 0 Å². The molecule has 1 aromatic carbocycles. The zero-order valence-electron chi connectivity index (χ0n) is 10.9. The second kappa shape index (κ2) is 5.97. The number of carbonyl (C=O) groups excluding carboxylic acids is 1. The molecule has 1 amide bonds. The van der Waals surface area contributed by atoms with Gasteiger partial charge in [-0.05, 0) is 37.6 Å². The number of para-hydroxylation sites is 1. The van der Waals surface area contributed by atoms with E-state index in [-0.39, 0.29) is 10.7 Å². The molecule has 0 aliphatic carbocycles. The molecule has 0 radical (unpaired) electrons. The fourth-order valence-electron chi connectivity index (χ4n) is 1.84. The van der Waals surface area contributed by atoms with Crippen LogP contribution in [0.4, 0.5) is 5.69 Å². The number of nitrogens with zero attached hydrogens (tertiary/aromatic N) is 1. The molecule has 2 rings (SSSR count). The average Bonchev–Trinajstić information content (AvgIpc) is 2.39. The average molecular weight is 319 g/mol. The number of hydrogen-bond acceptors (Lipinski definition) is 2. The van der Waals surface area contributed by atoms with Crippen molar-refractivity contribution in [2.24, 2.45) is 0 Å². The number of nitrogens with one attached hydrogen (secondary N) is 1. The molecular weight excluding hydrogens is 304 g/mol. The lowest BCUT2D eigenvalue weighted by Gasteiger charge is -2.12. The third kappa shape index (κ3) is 3.41. The number of benzene rings is 1. The SMILES string of the molecule is Cc1cc(C(=O)Nc2ccccc2C(C)Br)ccn1. The Morgan fingerprint density at radius 2 is 2.05 bits per heavy atom. The number of aromatic nitrogens is 1. The van der Waals surface area contributed by atoms with Crippen molar-refractivity contribution < 1.29 is 4.79 Å². The summed E-state index contributed by atoms with van der Waals surface area (Å²) in [5.41, 5.74) is 3.33. The van der Waals surface area contributed by atoms with Crippen LogP contribution in [0.2, 0.25) is 0 Å². The zero-order chi connectivity index (χ0) is 13.8. The van der Waals surface area contributed by atoms with E-state index in [1.165, 1.54) is 0 Å². The van der Waals surface area contributed by atoms with E-state index in [0.29, 0.717) is 5.56 Å². The van der Waals surface area contributed by atoms with Crippen molar-refractivity contribution in [1.82, 2.24) is 4.98 Å². The highest BCUT2D eigenvalue weighted by molar-refractivity contribution is 9.09. The van der Waals surface area contributed by atoms with Gasteiger partial charge in [-0.1, -0.05) is 34.1 Å². The lowest BCUT2D eigenvalue weighted by molar-refractivity contribution is 0.102. The third-order valence-electron chi connectivity index (χ3n) is 2.80. The second-order valence-corrected chi connectivity index (χ2v) is 5.72. The number of anilines is 1. The first-order valence-corrected chi connectivity index (χ1v) is 6.96. The monoisotopic (exact) mass is 318 g/mol. The Hall–Kier alpha value is -1.68. The van der Waals surface area contributed by atoms with Gasteiger partial charge in [-0.3, -0.25) is 9.78 Å². The van der Waals surface area contributed by atoms with Gasteiger partial charge >= 0.3 is 0 Å². The lowest BCUT2D eigenvalue weighted by atomic mass is 10.1. The summed E-state index contributed by atoms with van der Waals surface area (Å²) in [6.45, 7) is 3.90. The van der Waals surface area contributed by atoms with Crippen LogP contribution in [-0.2, 0) is 0 Å². The maximum atomic E-state index is 12.2. The number of amides is 1. The first-order chi connectivity index (χ1) is 9.08. The highest BCUT2D eigenvalue weighted by atomic mass is 79.9. The first kappa shape index (κ1) is 13.7. The molecule has 1 heterocycles. The van der Waals surface area contributed by atoms with Crippen LogP contribution in [0.1, 0.15) is 33.4 Å². The van der Waals surface area contributed by atoms with Crippen LogP contribution >= 0.6 is 15.9 Å². The summed E-state index contributed by atoms with van der Waals surface area (Å²) in [4.78, 5) is 16.5. The van der Waals surface area contributed by atoms with Crippen molar-refractivity contribution >= 4 is 27.5 Å². The van der Waals surface area contributed by atoms with E-state index in [4.69, 9.17) is 0 Å². The van der Waals surface area contributed by atoms with Crippen molar-refractivity contribution in [1.29, 1.82) is 0 Å². The summed E-state index contributed by atoms with van der Waals surface area (Å²) in [7, 11) is 0. The van der Waals surface area contributed by atoms with Crippen LogP contribution in [0.5, 0.6) is 0 Å². The summed E-state index contributed by atoms with van der Waals surface area (Å²) < 4.78 is 0. The minimum absolute atomic E-state index is 0.119. The van der Waals surface area contributed by atoms with Crippen LogP contribution in [0, 0.1) is 6.92 Å². The molecule has 19 heavy (non-hydrogen) atoms. The second-order valence-electron chi connectivity index (χ2n) is 4.34. The van der Waals surface area contributed by atoms with Gasteiger partial charge < -0.3 is 5.32 Å². The standard InChI is InChI=1S/C15H15BrN2O/c1-10-9-12(7-8-17-10)15(19)18-14-6-4-3-5-13(14)11(2)16/h3-9,11H,1-2H3,(H,18,19). The van der Waals surface area contributed by atoms with Gasteiger partial charge in [-0.15, -0.1) is 0 Å². The number of aryl methyl sites for hydroxylation is 1. The summed E-state index contributed by atoms with van der Waals surface area (Å²) >= 11 is 3.53. The van der Waals surface area contributed by atoms with Crippen molar-refractivity contribution in [3.05, 3.63) is 59.4 Å². The Labute approximate surface area is 121 Å². The molecule has 0 bridgehead atoms. The summed E-state index contributed by atoms with van der Waals surface area (Å²) in [5.74, 6) is -0.119. The molecule has 0 saturated heterocycles. The van der Waals surface area contributed by atoms with Gasteiger partial charge in [0.25, 0.3) is 5.91 Å². The zero-order valence-corrected chi connectivity index (χ0v) is 12.4. The van der Waals surface area contributed by atoms with E-state index in [1.54, 1.807) is 18.3 Å². The van der Waals surface area contributed by atoms with Crippen molar-refractivity contribution in [2.45, 2.75) is 18.7 Å². The minimum Gasteiger partial charge on any atom is -0.322 e. The lowest BCUT2D eigenvalue weighted by Crippen LogP contribution is -2.13. The molecule has 0 spiro atoms. The van der Waals surface area contributed by atoms with E-state index in [9.17, 15) is 4.79 Å². The van der Waals surface area contributed by atoms with E-state index in [0.717, 1.165) is 16.9 Å². The Bertz CT molecular complexity index is 596. The third-order valence-corrected chi connectivity index (χ3v) is 3.29. The number of rotatable bonds is 3. The van der Waals surface area contributed by atoms with Crippen LogP contribution in [0.25, 0.3) is 0 Å². The Balaban J connectivity index is 2.24. The summed E-state index contributed by atoms with van der Waals surface area (Å²) in [6.07, 6.45) is 1.64. The largest absolute Gasteiger partial charge is 0.322 e. The van der Waals surface area contributed by atoms with Crippen LogP contribution < -0.4 is 5.32 Å². The molecule has 0 saturated carbocycles. The molecule has 2 aromatic rings. The smallest absolute Gasteiger partial charge is 0.255 e. The number of carbonyl (C=O) groups is 1. The fourth-order valence-corrected chi connectivity index (χ4v) is 2.24. The molecular formula is C15H15BrN2O. The topological polar surface area (TPSA) is 42.0 Å². The van der Waals surface area contributed by atoms with Crippen molar-refractivity contribution in [2.75, 3.05) is 5.32 Å². The maximum absolute atomic E-state index is 12.2. The molecule has 0 aliphatic heterocycles. The molecule has 1 unspecified atom stereocenters. The van der Waals surface area contributed by atoms with E-state index in [2.05, 4.69) is 26.2 Å². The predicted molar refractivity (Wildman–Crippen MR) is 80.7 cm³/mol. The molecule has 0 aliphatic rings. The number of halogens is 1. The number of alkyl halides is 1. The van der Waals surface area contributed by atoms with Gasteiger partial charge in [-0.25, -0.2) is 0 Å². The molecule has 3 nitrogen and oxygen atoms in total. The van der Waals surface area contributed by atoms with Crippen LogP contribution in [0.3, 0.4) is 0 Å². The van der Waals surface area contributed by atoms with Gasteiger partial charge in [0, 0.05) is 28.0 Å². The van der Waals surface area contributed by atoms with Gasteiger partial charge in [-0.2, -0.15) is 0 Å². The summed E-state index contributed by atoms with van der Waals surface area (Å²) in [5, 5.41) is 2.94. The molecule has 4 heteroatoms. The molecule has 1 N–H and O–H groups in total. The maximum Gasteiger partial charge on any atom is 0.255 e. The minimum atomic E-state index is -0.119. The van der Waals surface area contributed by atoms with E-state index >= 15 is 0 Å². The Morgan fingerprint density at radius 3 is 2.74 bits per heavy atom. The molecule has 98 valence electrons. The Morgan fingerprint density at radius 1 is 1.32 bits per heavy atom. The first-order valence-electron chi connectivity index (χ1n) is 6.05. The van der Waals surface area contributed by atoms with Crippen LogP contribution in [0.15, 0.2) is 42.6 Å². The highest BCUT2D eigenvalue weighted by Gasteiger charge is 2.11. The molecule has 0 fully saturated rings. The Kier molecular flexibility index (Phi) is 4.32. The van der Waals surface area contributed by atoms with E-state index in [1.807, 2.05) is 38.1 Å². The van der Waals surface area contributed by atoms with Gasteiger partial charge in [0.15, 0.2) is 0 Å². The summed E-state index contributed by atoms with van der Waals surface area (Å²) in [6, 6.07) is 11.2. The number of pyridine rings is 1. The van der Waals surface area contributed by atoms with Crippen LogP contribution in [-0.4, -0.2) is 10.9 Å². The van der Waals surface area contributed by atoms with Crippen molar-refractivity contribution in [3.63, 3.8) is 0 Å².